The first-order valence-electron chi connectivity index (χ1n) is 7.22. The Bertz CT molecular complexity index is 616. The van der Waals surface area contributed by atoms with E-state index in [0.717, 1.165) is 0 Å². The summed E-state index contributed by atoms with van der Waals surface area (Å²) >= 11 is 0. The van der Waals surface area contributed by atoms with Crippen molar-refractivity contribution in [1.29, 1.82) is 0 Å². The number of aromatic nitrogens is 2. The number of carbonyl (C=O) groups excluding carboxylic acids is 1. The second-order valence-corrected chi connectivity index (χ2v) is 5.22. The van der Waals surface area contributed by atoms with Crippen molar-refractivity contribution in [3.63, 3.8) is 0 Å². The molecule has 2 N–H and O–H groups in total. The van der Waals surface area contributed by atoms with Crippen molar-refractivity contribution in [1.82, 2.24) is 9.55 Å². The zero-order valence-corrected chi connectivity index (χ0v) is 13.0. The van der Waals surface area contributed by atoms with Crippen LogP contribution in [0.2, 0.25) is 0 Å². The van der Waals surface area contributed by atoms with E-state index in [1.165, 1.54) is 17.7 Å². The lowest BCUT2D eigenvalue weighted by Gasteiger charge is -2.16. The highest BCUT2D eigenvalue weighted by Crippen LogP contribution is 2.28. The Balaban J connectivity index is 2.06. The van der Waals surface area contributed by atoms with Crippen LogP contribution in [-0.2, 0) is 14.3 Å². The summed E-state index contributed by atoms with van der Waals surface area (Å²) < 4.78 is 16.7. The van der Waals surface area contributed by atoms with Crippen molar-refractivity contribution in [2.24, 2.45) is 0 Å². The van der Waals surface area contributed by atoms with E-state index in [1.54, 1.807) is 6.92 Å². The van der Waals surface area contributed by atoms with Gasteiger partial charge in [-0.1, -0.05) is 0 Å². The first-order valence-corrected chi connectivity index (χ1v) is 7.22. The molecule has 1 aromatic heterocycles. The molecule has 1 aliphatic rings. The van der Waals surface area contributed by atoms with Gasteiger partial charge in [0, 0.05) is 25.1 Å². The van der Waals surface area contributed by atoms with Crippen molar-refractivity contribution in [2.75, 3.05) is 19.8 Å². The van der Waals surface area contributed by atoms with Crippen LogP contribution in [0.3, 0.4) is 0 Å². The molecule has 1 aliphatic heterocycles. The third-order valence-corrected chi connectivity index (χ3v) is 3.41. The molecule has 0 spiro atoms. The van der Waals surface area contributed by atoms with E-state index in [-0.39, 0.29) is 32.1 Å². The number of nitrogens with zero attached hydrogens (tertiary/aromatic N) is 2. The Kier molecular flexibility index (Phi) is 5.69. The molecule has 1 aromatic rings. The predicted molar refractivity (Wildman–Crippen MR) is 77.0 cm³/mol. The second kappa shape index (κ2) is 7.53. The highest BCUT2D eigenvalue weighted by Gasteiger charge is 2.35. The van der Waals surface area contributed by atoms with Crippen molar-refractivity contribution < 1.29 is 29.2 Å². The summed E-state index contributed by atoms with van der Waals surface area (Å²) in [5.74, 6) is -0.264. The van der Waals surface area contributed by atoms with Gasteiger partial charge < -0.3 is 24.4 Å². The average molecular weight is 328 g/mol. The van der Waals surface area contributed by atoms with Gasteiger partial charge in [0.2, 0.25) is 5.88 Å². The van der Waals surface area contributed by atoms with Crippen LogP contribution in [0, 0.1) is 6.92 Å². The molecule has 23 heavy (non-hydrogen) atoms. The molecule has 9 nitrogen and oxygen atoms in total. The number of carbonyl (C=O) groups is 1. The second-order valence-electron chi connectivity index (χ2n) is 5.22. The van der Waals surface area contributed by atoms with Crippen molar-refractivity contribution in [3.05, 3.63) is 22.2 Å². The minimum absolute atomic E-state index is 0.0651. The maximum Gasteiger partial charge on any atom is 0.352 e. The van der Waals surface area contributed by atoms with Crippen LogP contribution in [0.25, 0.3) is 0 Å². The van der Waals surface area contributed by atoms with Crippen LogP contribution in [0.1, 0.15) is 25.1 Å². The van der Waals surface area contributed by atoms with Crippen LogP contribution in [0.4, 0.5) is 0 Å². The molecule has 0 unspecified atom stereocenters. The monoisotopic (exact) mass is 328 g/mol. The lowest BCUT2D eigenvalue weighted by atomic mass is 10.2. The van der Waals surface area contributed by atoms with Crippen LogP contribution in [-0.4, -0.2) is 57.8 Å². The molecule has 0 saturated carbocycles. The van der Waals surface area contributed by atoms with Crippen molar-refractivity contribution in [3.8, 4) is 5.88 Å². The van der Waals surface area contributed by atoms with Gasteiger partial charge in [-0.25, -0.2) is 4.79 Å². The van der Waals surface area contributed by atoms with Crippen LogP contribution in [0.5, 0.6) is 5.88 Å². The van der Waals surface area contributed by atoms with Gasteiger partial charge in [-0.3, -0.25) is 9.36 Å². The normalized spacial score (nSPS) is 23.7. The molecule has 1 fully saturated rings. The molecule has 3 atom stereocenters. The number of aryl methyl sites for hydroxylation is 1. The SMILES string of the molecule is CC(=O)OCCOc1nc(=O)n([C@H]2C[C@H](O)[C@@H](CO)O2)cc1C. The fourth-order valence-electron chi connectivity index (χ4n) is 2.28. The summed E-state index contributed by atoms with van der Waals surface area (Å²) in [6.07, 6.45) is -0.522. The number of aliphatic hydroxyl groups excluding tert-OH is 2. The Morgan fingerprint density at radius 1 is 1.52 bits per heavy atom. The number of hydrogen-bond donors (Lipinski definition) is 2. The first kappa shape index (κ1) is 17.4. The molecule has 0 aliphatic carbocycles. The minimum Gasteiger partial charge on any atom is -0.474 e. The van der Waals surface area contributed by atoms with Gasteiger partial charge in [0.05, 0.1) is 12.7 Å². The Morgan fingerprint density at radius 3 is 2.87 bits per heavy atom. The molecule has 2 rings (SSSR count). The van der Waals surface area contributed by atoms with E-state index in [4.69, 9.17) is 19.3 Å². The fourth-order valence-corrected chi connectivity index (χ4v) is 2.28. The number of ether oxygens (including phenoxy) is 3. The van der Waals surface area contributed by atoms with Crippen molar-refractivity contribution >= 4 is 5.97 Å². The summed E-state index contributed by atoms with van der Waals surface area (Å²) in [6.45, 7) is 2.83. The standard InChI is InChI=1S/C14H20N2O7/c1-8-6-16(12-5-10(19)11(7-17)23-12)14(20)15-13(8)22-4-3-21-9(2)18/h6,10-12,17,19H,3-5,7H2,1-2H3/t10-,11+,12+/m0/s1. The maximum atomic E-state index is 12.1. The largest absolute Gasteiger partial charge is 0.474 e. The van der Waals surface area contributed by atoms with Gasteiger partial charge >= 0.3 is 11.7 Å². The Morgan fingerprint density at radius 2 is 2.26 bits per heavy atom. The topological polar surface area (TPSA) is 120 Å². The molecule has 0 bridgehead atoms. The van der Waals surface area contributed by atoms with Crippen LogP contribution in [0.15, 0.2) is 11.0 Å². The highest BCUT2D eigenvalue weighted by atomic mass is 16.6. The van der Waals surface area contributed by atoms with Gasteiger partial charge in [0.1, 0.15) is 25.5 Å². The van der Waals surface area contributed by atoms with Gasteiger partial charge in [-0.15, -0.1) is 0 Å². The number of hydrogen-bond acceptors (Lipinski definition) is 8. The van der Waals surface area contributed by atoms with Crippen LogP contribution < -0.4 is 10.4 Å². The number of esters is 1. The zero-order valence-electron chi connectivity index (χ0n) is 13.0. The lowest BCUT2D eigenvalue weighted by Crippen LogP contribution is -2.28. The molecule has 0 amide bonds. The summed E-state index contributed by atoms with van der Waals surface area (Å²) in [6, 6.07) is 0. The van der Waals surface area contributed by atoms with E-state index in [1.807, 2.05) is 0 Å². The van der Waals surface area contributed by atoms with E-state index < -0.39 is 30.1 Å². The molecular weight excluding hydrogens is 308 g/mol. The van der Waals surface area contributed by atoms with Crippen LogP contribution >= 0.6 is 0 Å². The third kappa shape index (κ3) is 4.27. The molecule has 1 saturated heterocycles. The molecule has 128 valence electrons. The smallest absolute Gasteiger partial charge is 0.352 e. The maximum absolute atomic E-state index is 12.1. The quantitative estimate of drug-likeness (QED) is 0.511. The lowest BCUT2D eigenvalue weighted by molar-refractivity contribution is -0.141. The molecule has 9 heteroatoms. The zero-order chi connectivity index (χ0) is 17.0. The third-order valence-electron chi connectivity index (χ3n) is 3.41. The summed E-state index contributed by atoms with van der Waals surface area (Å²) in [7, 11) is 0. The Labute approximate surface area is 132 Å². The Hall–Kier alpha value is -1.97. The predicted octanol–water partition coefficient (Wildman–Crippen LogP) is -0.866. The number of rotatable bonds is 6. The molecular formula is C14H20N2O7. The van der Waals surface area contributed by atoms with Gasteiger partial charge in [0.25, 0.3) is 0 Å². The minimum atomic E-state index is -0.836. The van der Waals surface area contributed by atoms with Gasteiger partial charge in [0.15, 0.2) is 0 Å². The first-order chi connectivity index (χ1) is 10.9. The van der Waals surface area contributed by atoms with Gasteiger partial charge in [-0.05, 0) is 6.92 Å². The molecule has 0 radical (unpaired) electrons. The fraction of sp³-hybridized carbons (Fsp3) is 0.643. The van der Waals surface area contributed by atoms with E-state index in [2.05, 4.69) is 4.98 Å². The summed E-state index contributed by atoms with van der Waals surface area (Å²) in [4.78, 5) is 26.6. The summed E-state index contributed by atoms with van der Waals surface area (Å²) in [5, 5.41) is 18.8. The van der Waals surface area contributed by atoms with E-state index >= 15 is 0 Å². The number of aliphatic hydroxyl groups is 2. The average Bonchev–Trinajstić information content (AvgIpc) is 2.87. The van der Waals surface area contributed by atoms with E-state index in [0.29, 0.717) is 5.56 Å². The van der Waals surface area contributed by atoms with Crippen molar-refractivity contribution in [2.45, 2.75) is 38.7 Å². The highest BCUT2D eigenvalue weighted by molar-refractivity contribution is 5.65. The molecule has 2 heterocycles. The van der Waals surface area contributed by atoms with Gasteiger partial charge in [-0.2, -0.15) is 4.98 Å². The summed E-state index contributed by atoms with van der Waals surface area (Å²) in [5.41, 5.74) is 0.00633. The van der Waals surface area contributed by atoms with E-state index in [9.17, 15) is 14.7 Å². The molecule has 0 aromatic carbocycles.